The van der Waals surface area contributed by atoms with E-state index in [0.29, 0.717) is 0 Å². The molecule has 18 heavy (non-hydrogen) atoms. The van der Waals surface area contributed by atoms with Crippen LogP contribution in [0.2, 0.25) is 0 Å². The highest BCUT2D eigenvalue weighted by atomic mass is 79.9. The molecule has 0 saturated carbocycles. The van der Waals surface area contributed by atoms with Crippen molar-refractivity contribution in [3.05, 3.63) is 28.2 Å². The first-order valence-corrected chi connectivity index (χ1v) is 7.29. The van der Waals surface area contributed by atoms with E-state index < -0.39 is 0 Å². The van der Waals surface area contributed by atoms with Crippen LogP contribution in [0.15, 0.2) is 22.7 Å². The van der Waals surface area contributed by atoms with E-state index in [9.17, 15) is 0 Å². The molecule has 0 aliphatic rings. The third kappa shape index (κ3) is 5.40. The van der Waals surface area contributed by atoms with Crippen molar-refractivity contribution in [2.24, 2.45) is 0 Å². The van der Waals surface area contributed by atoms with Gasteiger partial charge in [-0.2, -0.15) is 0 Å². The van der Waals surface area contributed by atoms with Gasteiger partial charge in [0.15, 0.2) is 0 Å². The second-order valence-electron chi connectivity index (χ2n) is 5.69. The highest BCUT2D eigenvalue weighted by molar-refractivity contribution is 9.10. The van der Waals surface area contributed by atoms with Gasteiger partial charge in [0.2, 0.25) is 0 Å². The largest absolute Gasteiger partial charge is 0.489 e. The smallest absolute Gasteiger partial charge is 0.120 e. The van der Waals surface area contributed by atoms with Gasteiger partial charge in [0.05, 0.1) is 0 Å². The average Bonchev–Trinajstić information content (AvgIpc) is 2.28. The van der Waals surface area contributed by atoms with Crippen molar-refractivity contribution >= 4 is 15.9 Å². The van der Waals surface area contributed by atoms with Crippen LogP contribution in [-0.2, 0) is 0 Å². The summed E-state index contributed by atoms with van der Waals surface area (Å²) in [7, 11) is 0. The van der Waals surface area contributed by atoms with E-state index in [2.05, 4.69) is 61.9 Å². The molecule has 1 aromatic rings. The summed E-state index contributed by atoms with van der Waals surface area (Å²) in [5.74, 6) is 0.943. The van der Waals surface area contributed by atoms with Crippen LogP contribution in [-0.4, -0.2) is 18.2 Å². The Labute approximate surface area is 119 Å². The lowest BCUT2D eigenvalue weighted by molar-refractivity contribution is 0.181. The number of hydrogen-bond donors (Lipinski definition) is 1. The maximum Gasteiger partial charge on any atom is 0.120 e. The van der Waals surface area contributed by atoms with Gasteiger partial charge in [-0.15, -0.1) is 0 Å². The summed E-state index contributed by atoms with van der Waals surface area (Å²) in [6.07, 6.45) is 1.21. The zero-order valence-electron chi connectivity index (χ0n) is 12.0. The highest BCUT2D eigenvalue weighted by Crippen LogP contribution is 2.22. The molecule has 0 fully saturated rings. The zero-order valence-corrected chi connectivity index (χ0v) is 13.6. The lowest BCUT2D eigenvalue weighted by Crippen LogP contribution is -2.42. The number of aryl methyl sites for hydroxylation is 1. The minimum atomic E-state index is 0.131. The van der Waals surface area contributed by atoms with Crippen LogP contribution in [0.1, 0.15) is 39.7 Å². The summed E-state index contributed by atoms with van der Waals surface area (Å²) in [5.41, 5.74) is 1.33. The fourth-order valence-corrected chi connectivity index (χ4v) is 1.82. The maximum absolute atomic E-state index is 6.01. The van der Waals surface area contributed by atoms with Crippen LogP contribution in [0.3, 0.4) is 0 Å². The van der Waals surface area contributed by atoms with Crippen molar-refractivity contribution in [2.45, 2.75) is 52.7 Å². The normalized spacial score (nSPS) is 13.4. The lowest BCUT2D eigenvalue weighted by atomic mass is 10.1. The Balaban J connectivity index is 2.59. The number of hydrogen-bond acceptors (Lipinski definition) is 2. The summed E-state index contributed by atoms with van der Waals surface area (Å²) < 4.78 is 7.13. The molecule has 0 heterocycles. The predicted octanol–water partition coefficient (Wildman–Crippen LogP) is 4.30. The van der Waals surface area contributed by atoms with Gasteiger partial charge in [0.25, 0.3) is 0 Å². The number of benzene rings is 1. The molecule has 1 aromatic carbocycles. The van der Waals surface area contributed by atoms with E-state index in [0.717, 1.165) is 23.2 Å². The Hall–Kier alpha value is -0.540. The molecule has 0 radical (unpaired) electrons. The second kappa shape index (κ2) is 6.58. The van der Waals surface area contributed by atoms with E-state index in [1.807, 2.05) is 12.1 Å². The van der Waals surface area contributed by atoms with E-state index in [4.69, 9.17) is 4.74 Å². The molecule has 1 atom stereocenters. The minimum absolute atomic E-state index is 0.131. The lowest BCUT2D eigenvalue weighted by Gasteiger charge is -2.25. The molecule has 0 amide bonds. The van der Waals surface area contributed by atoms with Crippen molar-refractivity contribution < 1.29 is 4.74 Å². The minimum Gasteiger partial charge on any atom is -0.489 e. The van der Waals surface area contributed by atoms with Crippen molar-refractivity contribution in [3.63, 3.8) is 0 Å². The van der Waals surface area contributed by atoms with Crippen LogP contribution in [0, 0.1) is 6.92 Å². The summed E-state index contributed by atoms with van der Waals surface area (Å²) >= 11 is 3.50. The van der Waals surface area contributed by atoms with Gasteiger partial charge >= 0.3 is 0 Å². The fourth-order valence-electron chi connectivity index (χ4n) is 1.57. The maximum atomic E-state index is 6.01. The molecular weight excluding hydrogens is 290 g/mol. The Morgan fingerprint density at radius 1 is 1.33 bits per heavy atom. The molecule has 0 aliphatic carbocycles. The Bertz CT molecular complexity index is 385. The van der Waals surface area contributed by atoms with Gasteiger partial charge in [-0.3, -0.25) is 0 Å². The first kappa shape index (κ1) is 15.5. The molecule has 2 nitrogen and oxygen atoms in total. The zero-order chi connectivity index (χ0) is 13.8. The number of ether oxygens (including phenoxy) is 1. The highest BCUT2D eigenvalue weighted by Gasteiger charge is 2.14. The molecule has 0 aliphatic heterocycles. The van der Waals surface area contributed by atoms with E-state index in [1.54, 1.807) is 0 Å². The van der Waals surface area contributed by atoms with Gasteiger partial charge in [-0.25, -0.2) is 0 Å². The Kier molecular flexibility index (Phi) is 5.67. The summed E-state index contributed by atoms with van der Waals surface area (Å²) in [6, 6.07) is 6.12. The van der Waals surface area contributed by atoms with E-state index in [-0.39, 0.29) is 11.6 Å². The predicted molar refractivity (Wildman–Crippen MR) is 81.3 cm³/mol. The van der Waals surface area contributed by atoms with Crippen molar-refractivity contribution in [3.8, 4) is 5.75 Å². The molecule has 1 N–H and O–H groups in total. The monoisotopic (exact) mass is 313 g/mol. The topological polar surface area (TPSA) is 21.3 Å². The summed E-state index contributed by atoms with van der Waals surface area (Å²) in [5, 5.41) is 3.48. The Morgan fingerprint density at radius 3 is 2.50 bits per heavy atom. The van der Waals surface area contributed by atoms with Crippen LogP contribution in [0.4, 0.5) is 0 Å². The summed E-state index contributed by atoms with van der Waals surface area (Å²) in [6.45, 7) is 11.6. The molecule has 3 heteroatoms. The quantitative estimate of drug-likeness (QED) is 0.875. The van der Waals surface area contributed by atoms with Crippen LogP contribution < -0.4 is 10.1 Å². The molecule has 1 unspecified atom stereocenters. The van der Waals surface area contributed by atoms with Gasteiger partial charge in [-0.05, 0) is 57.9 Å². The molecule has 0 bridgehead atoms. The van der Waals surface area contributed by atoms with Crippen molar-refractivity contribution in [2.75, 3.05) is 6.54 Å². The van der Waals surface area contributed by atoms with Crippen LogP contribution >= 0.6 is 15.9 Å². The molecule has 1 rings (SSSR count). The van der Waals surface area contributed by atoms with Crippen LogP contribution in [0.25, 0.3) is 0 Å². The van der Waals surface area contributed by atoms with Crippen molar-refractivity contribution in [1.29, 1.82) is 0 Å². The van der Waals surface area contributed by atoms with E-state index in [1.165, 1.54) is 5.56 Å². The summed E-state index contributed by atoms with van der Waals surface area (Å²) in [4.78, 5) is 0. The SMILES string of the molecule is CCC(CNC(C)(C)C)Oc1ccc(Br)c(C)c1. The number of halogens is 1. The van der Waals surface area contributed by atoms with Gasteiger partial charge < -0.3 is 10.1 Å². The van der Waals surface area contributed by atoms with E-state index >= 15 is 0 Å². The number of rotatable bonds is 5. The number of nitrogens with one attached hydrogen (secondary N) is 1. The van der Waals surface area contributed by atoms with Gasteiger partial charge in [0.1, 0.15) is 11.9 Å². The van der Waals surface area contributed by atoms with Crippen molar-refractivity contribution in [1.82, 2.24) is 5.32 Å². The third-order valence-corrected chi connectivity index (χ3v) is 3.64. The molecule has 0 saturated heterocycles. The van der Waals surface area contributed by atoms with Gasteiger partial charge in [0, 0.05) is 16.6 Å². The van der Waals surface area contributed by atoms with Gasteiger partial charge in [-0.1, -0.05) is 22.9 Å². The average molecular weight is 314 g/mol. The molecule has 0 aromatic heterocycles. The molecule has 0 spiro atoms. The third-order valence-electron chi connectivity index (χ3n) is 2.75. The Morgan fingerprint density at radius 2 is 2.00 bits per heavy atom. The first-order chi connectivity index (χ1) is 8.31. The second-order valence-corrected chi connectivity index (χ2v) is 6.54. The standard InChI is InChI=1S/C15H24BrNO/c1-6-12(10-17-15(3,4)5)18-13-7-8-14(16)11(2)9-13/h7-9,12,17H,6,10H2,1-5H3. The van der Waals surface area contributed by atoms with Crippen LogP contribution in [0.5, 0.6) is 5.75 Å². The molecular formula is C15H24BrNO. The molecule has 102 valence electrons. The fraction of sp³-hybridized carbons (Fsp3) is 0.600. The first-order valence-electron chi connectivity index (χ1n) is 6.49.